The number of carbonyl (C=O) groups is 1. The number of hydrogen-bond acceptors (Lipinski definition) is 4. The van der Waals surface area contributed by atoms with Crippen molar-refractivity contribution in [3.05, 3.63) is 71.3 Å². The summed E-state index contributed by atoms with van der Waals surface area (Å²) in [4.78, 5) is 17.3. The van der Waals surface area contributed by atoms with Gasteiger partial charge in [-0.2, -0.15) is 10.2 Å². The second-order valence-electron chi connectivity index (χ2n) is 7.76. The van der Waals surface area contributed by atoms with Gasteiger partial charge < -0.3 is 0 Å². The summed E-state index contributed by atoms with van der Waals surface area (Å²) in [6, 6.07) is 8.54. The first kappa shape index (κ1) is 19.9. The van der Waals surface area contributed by atoms with Crippen molar-refractivity contribution >= 4 is 23.2 Å². The second-order valence-corrected chi connectivity index (χ2v) is 7.76. The lowest BCUT2D eigenvalue weighted by molar-refractivity contribution is -0.133. The van der Waals surface area contributed by atoms with E-state index in [1.54, 1.807) is 12.4 Å². The molecule has 1 atom stereocenters. The zero-order valence-corrected chi connectivity index (χ0v) is 17.2. The van der Waals surface area contributed by atoms with Crippen molar-refractivity contribution < 1.29 is 9.18 Å². The zero-order valence-electron chi connectivity index (χ0n) is 17.2. The number of halogens is 1. The molecule has 4 rings (SSSR count). The number of pyridine rings is 1. The first-order chi connectivity index (χ1) is 14.4. The highest BCUT2D eigenvalue weighted by atomic mass is 19.1. The van der Waals surface area contributed by atoms with Gasteiger partial charge in [0.2, 0.25) is 5.91 Å². The Labute approximate surface area is 174 Å². The van der Waals surface area contributed by atoms with Crippen LogP contribution < -0.4 is 0 Å². The van der Waals surface area contributed by atoms with E-state index in [9.17, 15) is 9.18 Å². The van der Waals surface area contributed by atoms with Gasteiger partial charge in [-0.1, -0.05) is 18.2 Å². The summed E-state index contributed by atoms with van der Waals surface area (Å²) < 4.78 is 15.7. The SMILES string of the molecule is C=C(CCC(=O)N1N=CCC1c1cc(C)cc(F)c1)Cn1ncc2nc(C)ccc21. The minimum Gasteiger partial charge on any atom is -0.273 e. The number of aromatic nitrogens is 3. The Balaban J connectivity index is 1.38. The maximum absolute atomic E-state index is 13.8. The van der Waals surface area contributed by atoms with E-state index in [-0.39, 0.29) is 24.2 Å². The van der Waals surface area contributed by atoms with Crippen LogP contribution in [0.5, 0.6) is 0 Å². The summed E-state index contributed by atoms with van der Waals surface area (Å²) in [6.07, 6.45) is 4.85. The Kier molecular flexibility index (Phi) is 5.44. The van der Waals surface area contributed by atoms with Gasteiger partial charge >= 0.3 is 0 Å². The Morgan fingerprint density at radius 3 is 2.87 bits per heavy atom. The normalized spacial score (nSPS) is 15.8. The molecular weight excluding hydrogens is 381 g/mol. The Bertz CT molecular complexity index is 1130. The van der Waals surface area contributed by atoms with Gasteiger partial charge in [0.05, 0.1) is 24.3 Å². The van der Waals surface area contributed by atoms with Crippen molar-refractivity contribution in [1.82, 2.24) is 19.8 Å². The molecule has 3 heterocycles. The Morgan fingerprint density at radius 1 is 1.23 bits per heavy atom. The number of carbonyl (C=O) groups excluding carboxylic acids is 1. The van der Waals surface area contributed by atoms with Crippen LogP contribution in [0, 0.1) is 19.7 Å². The van der Waals surface area contributed by atoms with Crippen molar-refractivity contribution in [3.8, 4) is 0 Å². The minimum atomic E-state index is -0.297. The van der Waals surface area contributed by atoms with E-state index >= 15 is 0 Å². The molecule has 1 aromatic carbocycles. The topological polar surface area (TPSA) is 63.4 Å². The highest BCUT2D eigenvalue weighted by molar-refractivity contribution is 5.80. The molecule has 1 unspecified atom stereocenters. The number of amides is 1. The van der Waals surface area contributed by atoms with Gasteiger partial charge in [0.1, 0.15) is 11.3 Å². The van der Waals surface area contributed by atoms with E-state index in [0.717, 1.165) is 33.4 Å². The maximum atomic E-state index is 13.8. The van der Waals surface area contributed by atoms with E-state index in [1.807, 2.05) is 36.7 Å². The zero-order chi connectivity index (χ0) is 21.3. The summed E-state index contributed by atoms with van der Waals surface area (Å²) in [5.74, 6) is -0.395. The molecule has 1 aliphatic rings. The molecule has 0 N–H and O–H groups in total. The monoisotopic (exact) mass is 405 g/mol. The summed E-state index contributed by atoms with van der Waals surface area (Å²) in [7, 11) is 0. The van der Waals surface area contributed by atoms with Crippen LogP contribution in [-0.4, -0.2) is 31.9 Å². The minimum absolute atomic E-state index is 0.0978. The van der Waals surface area contributed by atoms with Crippen LogP contribution in [-0.2, 0) is 11.3 Å². The summed E-state index contributed by atoms with van der Waals surface area (Å²) in [5, 5.41) is 10.1. The lowest BCUT2D eigenvalue weighted by Crippen LogP contribution is -2.27. The predicted octanol–water partition coefficient (Wildman–Crippen LogP) is 4.48. The number of rotatable bonds is 6. The van der Waals surface area contributed by atoms with Crippen LogP contribution in [0.2, 0.25) is 0 Å². The van der Waals surface area contributed by atoms with E-state index in [2.05, 4.69) is 21.8 Å². The molecule has 0 aliphatic carbocycles. The fourth-order valence-corrected chi connectivity index (χ4v) is 3.77. The molecule has 2 aromatic heterocycles. The van der Waals surface area contributed by atoms with Crippen LogP contribution >= 0.6 is 0 Å². The third kappa shape index (κ3) is 4.15. The largest absolute Gasteiger partial charge is 0.273 e. The molecule has 0 bridgehead atoms. The number of benzene rings is 1. The summed E-state index contributed by atoms with van der Waals surface area (Å²) in [6.45, 7) is 8.42. The van der Waals surface area contributed by atoms with E-state index in [1.165, 1.54) is 17.1 Å². The molecular formula is C23H24FN5O. The molecule has 0 radical (unpaired) electrons. The lowest BCUT2D eigenvalue weighted by Gasteiger charge is -2.23. The van der Waals surface area contributed by atoms with Crippen LogP contribution in [0.4, 0.5) is 4.39 Å². The van der Waals surface area contributed by atoms with E-state index in [4.69, 9.17) is 0 Å². The highest BCUT2D eigenvalue weighted by Crippen LogP contribution is 2.30. The highest BCUT2D eigenvalue weighted by Gasteiger charge is 2.28. The molecule has 0 saturated carbocycles. The number of hydrogen-bond donors (Lipinski definition) is 0. The number of aryl methyl sites for hydroxylation is 2. The first-order valence-electron chi connectivity index (χ1n) is 9.98. The van der Waals surface area contributed by atoms with Gasteiger partial charge in [0, 0.05) is 24.8 Å². The van der Waals surface area contributed by atoms with Crippen molar-refractivity contribution in [2.75, 3.05) is 0 Å². The van der Waals surface area contributed by atoms with Crippen molar-refractivity contribution in [1.29, 1.82) is 0 Å². The van der Waals surface area contributed by atoms with Gasteiger partial charge in [0.15, 0.2) is 0 Å². The second kappa shape index (κ2) is 8.18. The molecule has 30 heavy (non-hydrogen) atoms. The van der Waals surface area contributed by atoms with Crippen LogP contribution in [0.25, 0.3) is 11.0 Å². The standard InChI is InChI=1S/C23H24FN5O/c1-15(14-28-22-6-5-17(3)27-20(22)13-26-28)4-7-23(30)29-21(8-9-25-29)18-10-16(2)11-19(24)12-18/h5-6,9-13,21H,1,4,7-8,14H2,2-3H3. The van der Waals surface area contributed by atoms with Crippen molar-refractivity contribution in [2.45, 2.75) is 45.7 Å². The van der Waals surface area contributed by atoms with E-state index < -0.39 is 0 Å². The third-order valence-electron chi connectivity index (χ3n) is 5.24. The average Bonchev–Trinajstić information content (AvgIpc) is 3.32. The van der Waals surface area contributed by atoms with Crippen molar-refractivity contribution in [3.63, 3.8) is 0 Å². The first-order valence-corrected chi connectivity index (χ1v) is 9.98. The van der Waals surface area contributed by atoms with Crippen LogP contribution in [0.15, 0.2) is 53.8 Å². The van der Waals surface area contributed by atoms with Crippen molar-refractivity contribution in [2.24, 2.45) is 5.10 Å². The van der Waals surface area contributed by atoms with Crippen LogP contribution in [0.3, 0.4) is 0 Å². The average molecular weight is 405 g/mol. The van der Waals surface area contributed by atoms with E-state index in [0.29, 0.717) is 19.4 Å². The quantitative estimate of drug-likeness (QED) is 0.568. The molecule has 0 spiro atoms. The Hall–Kier alpha value is -3.35. The molecule has 0 saturated heterocycles. The molecule has 1 aliphatic heterocycles. The van der Waals surface area contributed by atoms with Gasteiger partial charge in [-0.05, 0) is 55.7 Å². The lowest BCUT2D eigenvalue weighted by atomic mass is 10.0. The third-order valence-corrected chi connectivity index (χ3v) is 5.24. The molecule has 6 nitrogen and oxygen atoms in total. The molecule has 1 amide bonds. The fourth-order valence-electron chi connectivity index (χ4n) is 3.77. The van der Waals surface area contributed by atoms with Gasteiger partial charge in [-0.3, -0.25) is 9.48 Å². The van der Waals surface area contributed by atoms with Crippen LogP contribution in [0.1, 0.15) is 42.1 Å². The summed E-state index contributed by atoms with van der Waals surface area (Å²) >= 11 is 0. The number of fused-ring (bicyclic) bond motifs is 1. The molecule has 7 heteroatoms. The smallest absolute Gasteiger partial charge is 0.243 e. The number of nitrogens with zero attached hydrogens (tertiary/aromatic N) is 5. The molecule has 3 aromatic rings. The number of hydrazone groups is 1. The predicted molar refractivity (Wildman–Crippen MR) is 114 cm³/mol. The van der Waals surface area contributed by atoms with Gasteiger partial charge in [-0.25, -0.2) is 14.4 Å². The summed E-state index contributed by atoms with van der Waals surface area (Å²) in [5.41, 5.74) is 5.23. The van der Waals surface area contributed by atoms with Gasteiger partial charge in [0.25, 0.3) is 0 Å². The molecule has 154 valence electrons. The molecule has 0 fully saturated rings. The maximum Gasteiger partial charge on any atom is 0.243 e. The fraction of sp³-hybridized carbons (Fsp3) is 0.304. The van der Waals surface area contributed by atoms with Gasteiger partial charge in [-0.15, -0.1) is 0 Å². The number of allylic oxidation sites excluding steroid dienone is 1. The Morgan fingerprint density at radius 2 is 2.07 bits per heavy atom.